The second-order valence-corrected chi connectivity index (χ2v) is 10.8. The lowest BCUT2D eigenvalue weighted by Gasteiger charge is -2.29. The van der Waals surface area contributed by atoms with Crippen LogP contribution in [0.5, 0.6) is 11.5 Å². The Kier molecular flexibility index (Phi) is 10.0. The van der Waals surface area contributed by atoms with E-state index in [-0.39, 0.29) is 17.9 Å². The maximum atomic E-state index is 13.4. The molecule has 0 aromatic heterocycles. The van der Waals surface area contributed by atoms with E-state index < -0.39 is 23.6 Å². The lowest BCUT2D eigenvalue weighted by atomic mass is 9.94. The number of hydrogen-bond acceptors (Lipinski definition) is 8. The van der Waals surface area contributed by atoms with Crippen LogP contribution in [0.25, 0.3) is 5.76 Å². The highest BCUT2D eigenvalue weighted by atomic mass is 16.5. The first-order chi connectivity index (χ1) is 19.7. The Morgan fingerprint density at radius 3 is 2.41 bits per heavy atom. The van der Waals surface area contributed by atoms with Crippen LogP contribution in [0.15, 0.2) is 48.0 Å². The van der Waals surface area contributed by atoms with Gasteiger partial charge >= 0.3 is 0 Å². The molecule has 41 heavy (non-hydrogen) atoms. The van der Waals surface area contributed by atoms with Gasteiger partial charge in [0.05, 0.1) is 31.4 Å². The van der Waals surface area contributed by atoms with E-state index in [0.29, 0.717) is 61.3 Å². The number of aryl methyl sites for hydroxylation is 1. The summed E-state index contributed by atoms with van der Waals surface area (Å²) in [5.41, 5.74) is 7.08. The van der Waals surface area contributed by atoms with Gasteiger partial charge in [-0.2, -0.15) is 0 Å². The van der Waals surface area contributed by atoms with Gasteiger partial charge in [-0.1, -0.05) is 26.0 Å². The lowest BCUT2D eigenvalue weighted by Crippen LogP contribution is -2.38. The van der Waals surface area contributed by atoms with Crippen LogP contribution in [-0.4, -0.2) is 85.1 Å². The van der Waals surface area contributed by atoms with E-state index in [2.05, 4.69) is 18.7 Å². The molecule has 10 nitrogen and oxygen atoms in total. The average molecular weight is 566 g/mol. The fourth-order valence-electron chi connectivity index (χ4n) is 5.02. The van der Waals surface area contributed by atoms with Crippen molar-refractivity contribution < 1.29 is 33.7 Å². The van der Waals surface area contributed by atoms with E-state index >= 15 is 0 Å². The highest BCUT2D eigenvalue weighted by Gasteiger charge is 2.45. The van der Waals surface area contributed by atoms with Crippen LogP contribution in [0.1, 0.15) is 43.0 Å². The van der Waals surface area contributed by atoms with Crippen molar-refractivity contribution in [1.29, 1.82) is 0 Å². The zero-order chi connectivity index (χ0) is 29.5. The van der Waals surface area contributed by atoms with Gasteiger partial charge < -0.3 is 30.0 Å². The highest BCUT2D eigenvalue weighted by Crippen LogP contribution is 2.40. The van der Waals surface area contributed by atoms with E-state index in [1.165, 1.54) is 4.90 Å². The fourth-order valence-corrected chi connectivity index (χ4v) is 5.02. The van der Waals surface area contributed by atoms with Crippen LogP contribution < -0.4 is 15.2 Å². The molecule has 2 aliphatic rings. The van der Waals surface area contributed by atoms with Crippen LogP contribution in [0.3, 0.4) is 0 Å². The van der Waals surface area contributed by atoms with Gasteiger partial charge in [-0.25, -0.2) is 0 Å². The molecule has 0 bridgehead atoms. The van der Waals surface area contributed by atoms with Gasteiger partial charge in [-0.15, -0.1) is 0 Å². The Bertz CT molecular complexity index is 1280. The standard InChI is InChI=1S/C31H39N3O7/c1-20(2)18-41-25-10-7-23(17-21(25)3)29(36)27-28(22-5-8-24(9-6-22)40-19-26(32)35)34(31(38)30(27)37)12-4-11-33-13-15-39-16-14-33/h5-10,17,20,28,36H,4,11-16,18-19H2,1-3H3,(H2,32,35). The van der Waals surface area contributed by atoms with E-state index in [1.54, 1.807) is 42.5 Å². The first kappa shape index (κ1) is 30.1. The molecule has 220 valence electrons. The van der Waals surface area contributed by atoms with Crippen LogP contribution in [0.4, 0.5) is 0 Å². The normalized spacial score (nSPS) is 19.1. The topological polar surface area (TPSA) is 132 Å². The molecule has 2 heterocycles. The van der Waals surface area contributed by atoms with Crippen molar-refractivity contribution in [1.82, 2.24) is 9.80 Å². The van der Waals surface area contributed by atoms with Gasteiger partial charge in [-0.05, 0) is 60.7 Å². The van der Waals surface area contributed by atoms with Gasteiger partial charge in [0.2, 0.25) is 0 Å². The molecule has 0 saturated carbocycles. The third-order valence-corrected chi connectivity index (χ3v) is 7.11. The molecule has 2 aliphatic heterocycles. The van der Waals surface area contributed by atoms with Gasteiger partial charge in [0.15, 0.2) is 6.61 Å². The number of Topliss-reactive ketones (excluding diaryl/α,β-unsaturated/α-hetero) is 1. The summed E-state index contributed by atoms with van der Waals surface area (Å²) >= 11 is 0. The number of morpholine rings is 1. The number of ether oxygens (including phenoxy) is 3. The summed E-state index contributed by atoms with van der Waals surface area (Å²) in [5, 5.41) is 11.5. The number of nitrogens with two attached hydrogens (primary N) is 1. The van der Waals surface area contributed by atoms with E-state index in [9.17, 15) is 19.5 Å². The van der Waals surface area contributed by atoms with Crippen molar-refractivity contribution in [3.05, 3.63) is 64.7 Å². The van der Waals surface area contributed by atoms with Gasteiger partial charge in [0, 0.05) is 31.7 Å². The number of hydrogen-bond donors (Lipinski definition) is 2. The predicted octanol–water partition coefficient (Wildman–Crippen LogP) is 3.04. The van der Waals surface area contributed by atoms with Crippen molar-refractivity contribution >= 4 is 23.4 Å². The lowest BCUT2D eigenvalue weighted by molar-refractivity contribution is -0.140. The number of aliphatic hydroxyl groups is 1. The number of primary amides is 1. The summed E-state index contributed by atoms with van der Waals surface area (Å²) < 4.78 is 16.7. The number of aliphatic hydroxyl groups excluding tert-OH is 1. The predicted molar refractivity (Wildman–Crippen MR) is 154 cm³/mol. The Hall–Kier alpha value is -3.89. The first-order valence-electron chi connectivity index (χ1n) is 14.0. The smallest absolute Gasteiger partial charge is 0.295 e. The molecule has 2 amide bonds. The summed E-state index contributed by atoms with van der Waals surface area (Å²) in [6.45, 7) is 10.4. The van der Waals surface area contributed by atoms with Crippen molar-refractivity contribution in [2.24, 2.45) is 11.7 Å². The number of nitrogens with zero attached hydrogens (tertiary/aromatic N) is 2. The zero-order valence-corrected chi connectivity index (χ0v) is 23.9. The third kappa shape index (κ3) is 7.45. The second-order valence-electron chi connectivity index (χ2n) is 10.8. The summed E-state index contributed by atoms with van der Waals surface area (Å²) in [4.78, 5) is 41.7. The molecule has 1 unspecified atom stereocenters. The molecule has 10 heteroatoms. The number of amides is 2. The zero-order valence-electron chi connectivity index (χ0n) is 23.9. The molecule has 1 atom stereocenters. The van der Waals surface area contributed by atoms with Crippen molar-refractivity contribution in [3.63, 3.8) is 0 Å². The summed E-state index contributed by atoms with van der Waals surface area (Å²) in [6.07, 6.45) is 0.657. The summed E-state index contributed by atoms with van der Waals surface area (Å²) in [6, 6.07) is 11.2. The maximum Gasteiger partial charge on any atom is 0.295 e. The number of benzene rings is 2. The van der Waals surface area contributed by atoms with E-state index in [0.717, 1.165) is 25.2 Å². The monoisotopic (exact) mass is 565 g/mol. The molecule has 2 saturated heterocycles. The average Bonchev–Trinajstić information content (AvgIpc) is 3.21. The Morgan fingerprint density at radius 1 is 1.07 bits per heavy atom. The number of ketones is 1. The van der Waals surface area contributed by atoms with Crippen LogP contribution in [-0.2, 0) is 19.1 Å². The molecule has 4 rings (SSSR count). The number of rotatable bonds is 12. The minimum Gasteiger partial charge on any atom is -0.507 e. The Morgan fingerprint density at radius 2 is 1.78 bits per heavy atom. The third-order valence-electron chi connectivity index (χ3n) is 7.11. The fraction of sp³-hybridized carbons (Fsp3) is 0.452. The number of carbonyl (C=O) groups excluding carboxylic acids is 3. The van der Waals surface area contributed by atoms with Crippen molar-refractivity contribution in [2.45, 2.75) is 33.2 Å². The molecule has 2 aromatic rings. The minimum absolute atomic E-state index is 0.0300. The molecule has 2 aromatic carbocycles. The summed E-state index contributed by atoms with van der Waals surface area (Å²) in [7, 11) is 0. The van der Waals surface area contributed by atoms with Crippen molar-refractivity contribution in [2.75, 3.05) is 52.6 Å². The molecule has 3 N–H and O–H groups in total. The molecule has 0 spiro atoms. The van der Waals surface area contributed by atoms with Crippen LogP contribution in [0.2, 0.25) is 0 Å². The second kappa shape index (κ2) is 13.6. The quantitative estimate of drug-likeness (QED) is 0.228. The number of likely N-dealkylation sites (tertiary alicyclic amines) is 1. The first-order valence-corrected chi connectivity index (χ1v) is 14.0. The molecule has 0 aliphatic carbocycles. The molecule has 0 radical (unpaired) electrons. The summed E-state index contributed by atoms with van der Waals surface area (Å²) in [5.74, 6) is -0.747. The van der Waals surface area contributed by atoms with E-state index in [4.69, 9.17) is 19.9 Å². The van der Waals surface area contributed by atoms with Crippen LogP contribution in [0, 0.1) is 12.8 Å². The minimum atomic E-state index is -0.790. The Labute approximate surface area is 240 Å². The maximum absolute atomic E-state index is 13.4. The van der Waals surface area contributed by atoms with Gasteiger partial charge in [0.1, 0.15) is 17.3 Å². The van der Waals surface area contributed by atoms with Crippen LogP contribution >= 0.6 is 0 Å². The van der Waals surface area contributed by atoms with Gasteiger partial charge in [0.25, 0.3) is 17.6 Å². The highest BCUT2D eigenvalue weighted by molar-refractivity contribution is 6.46. The Balaban J connectivity index is 1.65. The molecular formula is C31H39N3O7. The number of carbonyl (C=O) groups is 3. The largest absolute Gasteiger partial charge is 0.507 e. The molecule has 2 fully saturated rings. The van der Waals surface area contributed by atoms with Crippen molar-refractivity contribution in [3.8, 4) is 11.5 Å². The SMILES string of the molecule is Cc1cc(C(O)=C2C(=O)C(=O)N(CCCN3CCOCC3)C2c2ccc(OCC(N)=O)cc2)ccc1OCC(C)C. The van der Waals surface area contributed by atoms with E-state index in [1.807, 2.05) is 6.92 Å². The molecular weight excluding hydrogens is 526 g/mol. The van der Waals surface area contributed by atoms with Gasteiger partial charge in [-0.3, -0.25) is 19.3 Å².